The molecular weight excluding hydrogens is 711 g/mol. The predicted molar refractivity (Wildman–Crippen MR) is 254 cm³/mol. The van der Waals surface area contributed by atoms with Crippen molar-refractivity contribution in [1.29, 1.82) is 0 Å². The van der Waals surface area contributed by atoms with E-state index in [1.807, 2.05) is 0 Å². The first-order valence-electron chi connectivity index (χ1n) is 21.4. The standard InChI is InChI=1S/C58H55N/c1-55(2,3)39-21-25-41(26-22-39)59(42-27-23-40(24-28-42)56(4,5)6)43-29-30-45-48-34-52-49(35-51(48)57(7,8)50(45)32-43)54-46-18-14-13-17-44(46)47(33-53(54)58(52,9)10)38-20-19-36-15-11-12-16-37(36)31-38/h11-35H,1-10H3. The Labute approximate surface area is 351 Å². The van der Waals surface area contributed by atoms with Crippen LogP contribution in [-0.4, -0.2) is 0 Å². The van der Waals surface area contributed by atoms with E-state index in [2.05, 4.69) is 226 Å². The third-order valence-electron chi connectivity index (χ3n) is 13.8. The monoisotopic (exact) mass is 765 g/mol. The number of hydrogen-bond donors (Lipinski definition) is 0. The van der Waals surface area contributed by atoms with Crippen molar-refractivity contribution in [2.45, 2.75) is 90.9 Å². The average molecular weight is 766 g/mol. The van der Waals surface area contributed by atoms with Gasteiger partial charge in [-0.25, -0.2) is 0 Å². The third kappa shape index (κ3) is 5.80. The molecule has 0 saturated carbocycles. The van der Waals surface area contributed by atoms with E-state index in [4.69, 9.17) is 0 Å². The number of anilines is 3. The van der Waals surface area contributed by atoms with Gasteiger partial charge < -0.3 is 4.90 Å². The summed E-state index contributed by atoms with van der Waals surface area (Å²) in [5.41, 5.74) is 19.7. The highest BCUT2D eigenvalue weighted by Crippen LogP contribution is 2.59. The molecule has 0 saturated heterocycles. The molecule has 0 spiro atoms. The molecule has 8 aromatic carbocycles. The molecule has 0 heterocycles. The van der Waals surface area contributed by atoms with Crippen LogP contribution in [0.15, 0.2) is 152 Å². The largest absolute Gasteiger partial charge is 0.310 e. The second-order valence-corrected chi connectivity index (χ2v) is 20.3. The fourth-order valence-corrected chi connectivity index (χ4v) is 10.2. The van der Waals surface area contributed by atoms with Crippen molar-refractivity contribution < 1.29 is 0 Å². The van der Waals surface area contributed by atoms with Gasteiger partial charge in [0.15, 0.2) is 0 Å². The molecule has 10 rings (SSSR count). The summed E-state index contributed by atoms with van der Waals surface area (Å²) in [6.45, 7) is 23.4. The van der Waals surface area contributed by atoms with Gasteiger partial charge in [0.2, 0.25) is 0 Å². The van der Waals surface area contributed by atoms with Crippen LogP contribution in [0.1, 0.15) is 103 Å². The fraction of sp³-hybridized carbons (Fsp3) is 0.241. The van der Waals surface area contributed by atoms with Crippen LogP contribution >= 0.6 is 0 Å². The molecule has 0 fully saturated rings. The number of nitrogens with zero attached hydrogens (tertiary/aromatic N) is 1. The van der Waals surface area contributed by atoms with Crippen LogP contribution < -0.4 is 4.90 Å². The number of benzene rings is 8. The Hall–Kier alpha value is -5.92. The minimum Gasteiger partial charge on any atom is -0.310 e. The van der Waals surface area contributed by atoms with Gasteiger partial charge in [-0.15, -0.1) is 0 Å². The maximum absolute atomic E-state index is 2.56. The zero-order valence-corrected chi connectivity index (χ0v) is 36.4. The summed E-state index contributed by atoms with van der Waals surface area (Å²) < 4.78 is 0. The summed E-state index contributed by atoms with van der Waals surface area (Å²) in [4.78, 5) is 2.44. The zero-order valence-electron chi connectivity index (χ0n) is 36.4. The van der Waals surface area contributed by atoms with E-state index >= 15 is 0 Å². The lowest BCUT2D eigenvalue weighted by Crippen LogP contribution is -2.18. The van der Waals surface area contributed by atoms with Crippen molar-refractivity contribution in [3.63, 3.8) is 0 Å². The molecule has 1 heteroatoms. The van der Waals surface area contributed by atoms with Crippen LogP contribution in [0.4, 0.5) is 17.1 Å². The van der Waals surface area contributed by atoms with Crippen LogP contribution in [0.2, 0.25) is 0 Å². The number of rotatable bonds is 4. The van der Waals surface area contributed by atoms with E-state index in [9.17, 15) is 0 Å². The van der Waals surface area contributed by atoms with Crippen molar-refractivity contribution in [2.75, 3.05) is 4.90 Å². The molecule has 2 aliphatic carbocycles. The smallest absolute Gasteiger partial charge is 0.0465 e. The zero-order chi connectivity index (χ0) is 41.2. The Kier molecular flexibility index (Phi) is 8.10. The minimum absolute atomic E-state index is 0.0856. The average Bonchev–Trinajstić information content (AvgIpc) is 3.58. The Bertz CT molecular complexity index is 2920. The topological polar surface area (TPSA) is 3.24 Å². The highest BCUT2D eigenvalue weighted by atomic mass is 15.1. The summed E-state index contributed by atoms with van der Waals surface area (Å²) in [6.07, 6.45) is 0. The molecule has 0 unspecified atom stereocenters. The van der Waals surface area contributed by atoms with Gasteiger partial charge in [0, 0.05) is 27.9 Å². The van der Waals surface area contributed by atoms with Crippen molar-refractivity contribution in [1.82, 2.24) is 0 Å². The molecule has 1 nitrogen and oxygen atoms in total. The second kappa shape index (κ2) is 12.8. The van der Waals surface area contributed by atoms with Gasteiger partial charge in [-0.05, 0) is 160 Å². The van der Waals surface area contributed by atoms with Gasteiger partial charge in [-0.1, -0.05) is 160 Å². The van der Waals surface area contributed by atoms with E-state index in [1.165, 1.54) is 105 Å². The Morgan fingerprint density at radius 3 is 1.49 bits per heavy atom. The lowest BCUT2D eigenvalue weighted by molar-refractivity contribution is 0.590. The third-order valence-corrected chi connectivity index (χ3v) is 13.8. The molecule has 0 amide bonds. The number of fused-ring (bicyclic) bond motifs is 9. The SMILES string of the molecule is CC(C)(C)c1ccc(N(c2ccc(C(C)(C)C)cc2)c2ccc3c(c2)C(C)(C)c2cc4c(cc2-3)C(C)(C)c2cc(-c3ccc5ccccc5c3)c3ccccc3c2-4)cc1. The molecule has 0 radical (unpaired) electrons. The molecule has 0 aromatic heterocycles. The van der Waals surface area contributed by atoms with Crippen LogP contribution in [-0.2, 0) is 21.7 Å². The molecular formula is C58H55N. The predicted octanol–water partition coefficient (Wildman–Crippen LogP) is 16.3. The molecule has 0 atom stereocenters. The Balaban J connectivity index is 1.11. The van der Waals surface area contributed by atoms with Crippen molar-refractivity contribution in [3.8, 4) is 33.4 Å². The van der Waals surface area contributed by atoms with Crippen LogP contribution in [0.5, 0.6) is 0 Å². The maximum Gasteiger partial charge on any atom is 0.0465 e. The van der Waals surface area contributed by atoms with Crippen molar-refractivity contribution >= 4 is 38.6 Å². The van der Waals surface area contributed by atoms with Gasteiger partial charge in [0.25, 0.3) is 0 Å². The van der Waals surface area contributed by atoms with Gasteiger partial charge in [-0.3, -0.25) is 0 Å². The Morgan fingerprint density at radius 2 is 0.864 bits per heavy atom. The highest BCUT2D eigenvalue weighted by molar-refractivity contribution is 6.10. The summed E-state index contributed by atoms with van der Waals surface area (Å²) in [5, 5.41) is 5.19. The van der Waals surface area contributed by atoms with Crippen LogP contribution in [0.3, 0.4) is 0 Å². The highest BCUT2D eigenvalue weighted by Gasteiger charge is 2.43. The van der Waals surface area contributed by atoms with Gasteiger partial charge in [0.05, 0.1) is 0 Å². The summed E-state index contributed by atoms with van der Waals surface area (Å²) >= 11 is 0. The van der Waals surface area contributed by atoms with Crippen LogP contribution in [0.25, 0.3) is 54.9 Å². The Morgan fingerprint density at radius 1 is 0.373 bits per heavy atom. The minimum atomic E-state index is -0.193. The summed E-state index contributed by atoms with van der Waals surface area (Å²) in [5.74, 6) is 0. The maximum atomic E-state index is 2.56. The first-order valence-corrected chi connectivity index (χ1v) is 21.4. The molecule has 292 valence electrons. The lowest BCUT2D eigenvalue weighted by Gasteiger charge is -2.29. The molecule has 59 heavy (non-hydrogen) atoms. The molecule has 0 aliphatic heterocycles. The second-order valence-electron chi connectivity index (χ2n) is 20.3. The van der Waals surface area contributed by atoms with Gasteiger partial charge in [0.1, 0.15) is 0 Å². The number of hydrogen-bond acceptors (Lipinski definition) is 1. The van der Waals surface area contributed by atoms with E-state index < -0.39 is 0 Å². The van der Waals surface area contributed by atoms with Crippen molar-refractivity contribution in [2.24, 2.45) is 0 Å². The van der Waals surface area contributed by atoms with E-state index in [1.54, 1.807) is 0 Å². The van der Waals surface area contributed by atoms with Gasteiger partial charge in [-0.2, -0.15) is 0 Å². The first kappa shape index (κ1) is 37.4. The summed E-state index contributed by atoms with van der Waals surface area (Å²) in [6, 6.07) is 57.9. The first-order chi connectivity index (χ1) is 28.0. The van der Waals surface area contributed by atoms with E-state index in [0.29, 0.717) is 0 Å². The van der Waals surface area contributed by atoms with Gasteiger partial charge >= 0.3 is 0 Å². The molecule has 2 aliphatic rings. The lowest BCUT2D eigenvalue weighted by atomic mass is 9.79. The molecule has 0 N–H and O–H groups in total. The van der Waals surface area contributed by atoms with E-state index in [0.717, 1.165) is 0 Å². The quantitative estimate of drug-likeness (QED) is 0.172. The normalized spacial score (nSPS) is 14.9. The van der Waals surface area contributed by atoms with Crippen LogP contribution in [0, 0.1) is 0 Å². The van der Waals surface area contributed by atoms with Crippen molar-refractivity contribution in [3.05, 3.63) is 185 Å². The molecule has 0 bridgehead atoms. The fourth-order valence-electron chi connectivity index (χ4n) is 10.2. The molecule has 8 aromatic rings. The van der Waals surface area contributed by atoms with E-state index in [-0.39, 0.29) is 21.7 Å². The summed E-state index contributed by atoms with van der Waals surface area (Å²) in [7, 11) is 0.